The van der Waals surface area contributed by atoms with E-state index in [0.29, 0.717) is 0 Å². The lowest BCUT2D eigenvalue weighted by atomic mass is 10.4. The zero-order valence-electron chi connectivity index (χ0n) is 8.46. The lowest BCUT2D eigenvalue weighted by Gasteiger charge is -2.05. The smallest absolute Gasteiger partial charge is 0.316 e. The molecule has 0 spiro atoms. The van der Waals surface area contributed by atoms with Gasteiger partial charge in [0.15, 0.2) is 0 Å². The third-order valence-corrected chi connectivity index (χ3v) is 1.50. The van der Waals surface area contributed by atoms with Crippen LogP contribution >= 0.6 is 0 Å². The van der Waals surface area contributed by atoms with Gasteiger partial charge in [0.05, 0.1) is 0 Å². The normalized spacial score (nSPS) is 15.0. The van der Waals surface area contributed by atoms with Crippen molar-refractivity contribution in [2.24, 2.45) is 4.99 Å². The average Bonchev–Trinajstić information content (AvgIpc) is 2.42. The van der Waals surface area contributed by atoms with Gasteiger partial charge in [-0.15, -0.1) is 0 Å². The number of hydrogen-bond donors (Lipinski definition) is 3. The Morgan fingerprint density at radius 2 is 1.87 bits per heavy atom. The molecule has 0 aromatic heterocycles. The highest BCUT2D eigenvalue weighted by atomic mass is 16.2. The van der Waals surface area contributed by atoms with Crippen molar-refractivity contribution < 1.29 is 14.4 Å². The summed E-state index contributed by atoms with van der Waals surface area (Å²) in [5.74, 6) is -1.78. The Kier molecular flexibility index (Phi) is 3.37. The minimum atomic E-state index is -0.766. The zero-order valence-corrected chi connectivity index (χ0v) is 8.46. The van der Waals surface area contributed by atoms with Crippen LogP contribution in [0.3, 0.4) is 0 Å². The van der Waals surface area contributed by atoms with E-state index in [1.807, 2.05) is 13.8 Å². The van der Waals surface area contributed by atoms with Gasteiger partial charge >= 0.3 is 11.8 Å². The van der Waals surface area contributed by atoms with Crippen LogP contribution in [0.4, 0.5) is 0 Å². The summed E-state index contributed by atoms with van der Waals surface area (Å²) in [4.78, 5) is 36.3. The van der Waals surface area contributed by atoms with E-state index in [2.05, 4.69) is 20.9 Å². The molecule has 0 bridgehead atoms. The van der Waals surface area contributed by atoms with Gasteiger partial charge in [-0.1, -0.05) is 0 Å². The summed E-state index contributed by atoms with van der Waals surface area (Å²) in [6.45, 7) is 3.52. The van der Waals surface area contributed by atoms with Crippen LogP contribution in [0.25, 0.3) is 0 Å². The minimum Gasteiger partial charge on any atom is -0.352 e. The second-order valence-electron chi connectivity index (χ2n) is 3.30. The van der Waals surface area contributed by atoms with Crippen molar-refractivity contribution in [3.8, 4) is 0 Å². The van der Waals surface area contributed by atoms with Crippen LogP contribution in [0.2, 0.25) is 0 Å². The summed E-state index contributed by atoms with van der Waals surface area (Å²) in [5.41, 5.74) is 0. The second kappa shape index (κ2) is 4.54. The molecule has 0 radical (unpaired) electrons. The quantitative estimate of drug-likeness (QED) is 0.477. The summed E-state index contributed by atoms with van der Waals surface area (Å²) in [6.07, 6.45) is 0. The zero-order chi connectivity index (χ0) is 11.4. The molecule has 82 valence electrons. The highest BCUT2D eigenvalue weighted by molar-refractivity contribution is 6.45. The predicted octanol–water partition coefficient (Wildman–Crippen LogP) is -1.89. The van der Waals surface area contributed by atoms with Crippen molar-refractivity contribution in [1.29, 1.82) is 0 Å². The molecule has 0 aromatic rings. The fourth-order valence-corrected chi connectivity index (χ4v) is 0.957. The highest BCUT2D eigenvalue weighted by Crippen LogP contribution is 1.84. The van der Waals surface area contributed by atoms with Gasteiger partial charge in [-0.2, -0.15) is 0 Å². The molecule has 3 N–H and O–H groups in total. The summed E-state index contributed by atoms with van der Waals surface area (Å²) in [7, 11) is 0. The molecule has 0 saturated carbocycles. The van der Waals surface area contributed by atoms with E-state index in [4.69, 9.17) is 0 Å². The Morgan fingerprint density at radius 3 is 2.33 bits per heavy atom. The van der Waals surface area contributed by atoms with E-state index in [9.17, 15) is 14.4 Å². The first-order valence-corrected chi connectivity index (χ1v) is 4.45. The minimum absolute atomic E-state index is 0.0175. The standard InChI is InChI=1S/C8H12N4O3/c1-4(2)10-5(13)3-9-8-11-6(14)7(15)12-8/h4H,3H2,1-2H3,(H,10,13)(H2,9,11,12,14,15). The molecule has 1 aliphatic heterocycles. The monoisotopic (exact) mass is 212 g/mol. The number of aliphatic imine (C=N–C) groups is 1. The number of carbonyl (C=O) groups excluding carboxylic acids is 3. The molecule has 1 heterocycles. The molecular formula is C8H12N4O3. The first-order valence-electron chi connectivity index (χ1n) is 4.45. The van der Waals surface area contributed by atoms with Crippen molar-refractivity contribution in [2.75, 3.05) is 6.54 Å². The van der Waals surface area contributed by atoms with Crippen molar-refractivity contribution >= 4 is 23.7 Å². The molecule has 7 heteroatoms. The first kappa shape index (κ1) is 11.2. The lowest BCUT2D eigenvalue weighted by molar-refractivity contribution is -0.135. The number of carbonyl (C=O) groups is 3. The second-order valence-corrected chi connectivity index (χ2v) is 3.30. The van der Waals surface area contributed by atoms with Crippen LogP contribution in [0, 0.1) is 0 Å². The number of rotatable bonds is 3. The third-order valence-electron chi connectivity index (χ3n) is 1.50. The predicted molar refractivity (Wildman–Crippen MR) is 51.9 cm³/mol. The van der Waals surface area contributed by atoms with Crippen LogP contribution in [-0.2, 0) is 14.4 Å². The topological polar surface area (TPSA) is 99.7 Å². The van der Waals surface area contributed by atoms with Gasteiger partial charge in [-0.3, -0.25) is 25.0 Å². The summed E-state index contributed by atoms with van der Waals surface area (Å²) in [5, 5.41) is 6.98. The van der Waals surface area contributed by atoms with Gasteiger partial charge in [0.1, 0.15) is 6.54 Å². The van der Waals surface area contributed by atoms with Gasteiger partial charge < -0.3 is 5.32 Å². The van der Waals surface area contributed by atoms with Gasteiger partial charge in [0, 0.05) is 6.04 Å². The largest absolute Gasteiger partial charge is 0.352 e. The molecule has 1 aliphatic rings. The molecule has 1 fully saturated rings. The van der Waals surface area contributed by atoms with Crippen molar-refractivity contribution in [2.45, 2.75) is 19.9 Å². The van der Waals surface area contributed by atoms with Crippen LogP contribution in [0.1, 0.15) is 13.8 Å². The number of amides is 3. The molecule has 0 aliphatic carbocycles. The van der Waals surface area contributed by atoms with Crippen molar-refractivity contribution in [3.63, 3.8) is 0 Å². The van der Waals surface area contributed by atoms with E-state index < -0.39 is 11.8 Å². The van der Waals surface area contributed by atoms with E-state index in [1.54, 1.807) is 0 Å². The number of nitrogens with zero attached hydrogens (tertiary/aromatic N) is 1. The Morgan fingerprint density at radius 1 is 1.33 bits per heavy atom. The fraction of sp³-hybridized carbons (Fsp3) is 0.500. The molecule has 0 unspecified atom stereocenters. The molecule has 3 amide bonds. The van der Waals surface area contributed by atoms with Gasteiger partial charge in [-0.25, -0.2) is 4.99 Å². The summed E-state index contributed by atoms with van der Waals surface area (Å²) < 4.78 is 0. The molecular weight excluding hydrogens is 200 g/mol. The Bertz CT molecular complexity index is 317. The van der Waals surface area contributed by atoms with Crippen molar-refractivity contribution in [1.82, 2.24) is 16.0 Å². The fourth-order valence-electron chi connectivity index (χ4n) is 0.957. The van der Waals surface area contributed by atoms with E-state index in [-0.39, 0.29) is 24.5 Å². The van der Waals surface area contributed by atoms with E-state index in [1.165, 1.54) is 0 Å². The summed E-state index contributed by atoms with van der Waals surface area (Å²) in [6, 6.07) is 0.0328. The van der Waals surface area contributed by atoms with Crippen LogP contribution < -0.4 is 16.0 Å². The molecule has 7 nitrogen and oxygen atoms in total. The number of guanidine groups is 1. The average molecular weight is 212 g/mol. The maximum atomic E-state index is 11.1. The van der Waals surface area contributed by atoms with Gasteiger partial charge in [0.2, 0.25) is 11.9 Å². The molecule has 0 aromatic carbocycles. The molecule has 15 heavy (non-hydrogen) atoms. The first-order chi connectivity index (χ1) is 6.99. The highest BCUT2D eigenvalue weighted by Gasteiger charge is 2.25. The summed E-state index contributed by atoms with van der Waals surface area (Å²) >= 11 is 0. The third kappa shape index (κ3) is 3.37. The van der Waals surface area contributed by atoms with E-state index >= 15 is 0 Å². The van der Waals surface area contributed by atoms with Crippen LogP contribution in [0.15, 0.2) is 4.99 Å². The lowest BCUT2D eigenvalue weighted by Crippen LogP contribution is -2.34. The van der Waals surface area contributed by atoms with Crippen LogP contribution in [-0.4, -0.2) is 36.3 Å². The van der Waals surface area contributed by atoms with Gasteiger partial charge in [-0.05, 0) is 13.8 Å². The van der Waals surface area contributed by atoms with Crippen molar-refractivity contribution in [3.05, 3.63) is 0 Å². The molecule has 1 saturated heterocycles. The Labute approximate surface area is 86.3 Å². The maximum Gasteiger partial charge on any atom is 0.316 e. The maximum absolute atomic E-state index is 11.1. The molecule has 0 atom stereocenters. The number of nitrogens with one attached hydrogen (secondary N) is 3. The SMILES string of the molecule is CC(C)NC(=O)CN=C1NC(=O)C(=O)N1. The molecule has 1 rings (SSSR count). The van der Waals surface area contributed by atoms with E-state index in [0.717, 1.165) is 0 Å². The Balaban J connectivity index is 2.42. The van der Waals surface area contributed by atoms with Gasteiger partial charge in [0.25, 0.3) is 0 Å². The van der Waals surface area contributed by atoms with Crippen LogP contribution in [0.5, 0.6) is 0 Å². The number of hydrogen-bond acceptors (Lipinski definition) is 4. The Hall–Kier alpha value is -1.92.